The third-order valence-corrected chi connectivity index (χ3v) is 4.44. The molecule has 0 amide bonds. The fraction of sp³-hybridized carbons (Fsp3) is 0.625. The van der Waals surface area contributed by atoms with Crippen LogP contribution in [0.25, 0.3) is 0 Å². The Morgan fingerprint density at radius 3 is 2.52 bits per heavy atom. The molecule has 118 valence electrons. The highest BCUT2D eigenvalue weighted by atomic mass is 19.4. The highest BCUT2D eigenvalue weighted by Crippen LogP contribution is 2.39. The van der Waals surface area contributed by atoms with Crippen LogP contribution in [0.4, 0.5) is 17.6 Å². The zero-order chi connectivity index (χ0) is 15.6. The lowest BCUT2D eigenvalue weighted by atomic mass is 9.73. The van der Waals surface area contributed by atoms with Crippen molar-refractivity contribution in [1.29, 1.82) is 0 Å². The van der Waals surface area contributed by atoms with E-state index in [1.54, 1.807) is 0 Å². The van der Waals surface area contributed by atoms with Gasteiger partial charge in [0, 0.05) is 6.04 Å². The fourth-order valence-corrected chi connectivity index (χ4v) is 3.33. The second-order valence-electron chi connectivity index (χ2n) is 5.98. The molecule has 1 fully saturated rings. The van der Waals surface area contributed by atoms with Crippen molar-refractivity contribution in [2.45, 2.75) is 57.2 Å². The van der Waals surface area contributed by atoms with Crippen molar-refractivity contribution in [3.05, 3.63) is 35.1 Å². The highest BCUT2D eigenvalue weighted by Gasteiger charge is 2.35. The van der Waals surface area contributed by atoms with Gasteiger partial charge in [0.25, 0.3) is 0 Å². The largest absolute Gasteiger partial charge is 0.419 e. The van der Waals surface area contributed by atoms with E-state index in [-0.39, 0.29) is 12.0 Å². The molecule has 1 aromatic rings. The smallest absolute Gasteiger partial charge is 0.327 e. The number of nitrogens with two attached hydrogens (primary N) is 1. The van der Waals surface area contributed by atoms with Crippen LogP contribution in [-0.4, -0.2) is 6.04 Å². The third kappa shape index (κ3) is 3.76. The summed E-state index contributed by atoms with van der Waals surface area (Å²) in [5, 5.41) is 0. The first-order valence-corrected chi connectivity index (χ1v) is 7.45. The first kappa shape index (κ1) is 16.3. The van der Waals surface area contributed by atoms with Crippen LogP contribution in [-0.2, 0) is 6.18 Å². The topological polar surface area (TPSA) is 26.0 Å². The Bertz CT molecular complexity index is 484. The average Bonchev–Trinajstić information content (AvgIpc) is 2.39. The summed E-state index contributed by atoms with van der Waals surface area (Å²) < 4.78 is 51.5. The van der Waals surface area contributed by atoms with E-state index in [0.29, 0.717) is 11.5 Å². The minimum atomic E-state index is -4.65. The lowest BCUT2D eigenvalue weighted by Crippen LogP contribution is -2.34. The summed E-state index contributed by atoms with van der Waals surface area (Å²) in [5.41, 5.74) is 5.48. The van der Waals surface area contributed by atoms with Gasteiger partial charge in [-0.2, -0.15) is 13.2 Å². The maximum atomic E-state index is 13.7. The number of halogens is 4. The molecule has 1 nitrogen and oxygen atoms in total. The van der Waals surface area contributed by atoms with Crippen LogP contribution in [0.2, 0.25) is 0 Å². The molecular weight excluding hydrogens is 282 g/mol. The molecule has 1 aliphatic carbocycles. The molecule has 3 atom stereocenters. The average molecular weight is 303 g/mol. The summed E-state index contributed by atoms with van der Waals surface area (Å²) in [6.07, 6.45) is 0.245. The number of hydrogen-bond acceptors (Lipinski definition) is 1. The monoisotopic (exact) mass is 303 g/mol. The molecule has 0 heterocycles. The maximum Gasteiger partial charge on any atom is 0.419 e. The van der Waals surface area contributed by atoms with E-state index in [2.05, 4.69) is 6.92 Å². The van der Waals surface area contributed by atoms with Crippen molar-refractivity contribution in [1.82, 2.24) is 0 Å². The van der Waals surface area contributed by atoms with Gasteiger partial charge in [-0.1, -0.05) is 25.8 Å². The zero-order valence-corrected chi connectivity index (χ0v) is 12.1. The summed E-state index contributed by atoms with van der Waals surface area (Å²) in [6, 6.07) is 3.13. The van der Waals surface area contributed by atoms with Crippen molar-refractivity contribution < 1.29 is 17.6 Å². The fourth-order valence-electron chi connectivity index (χ4n) is 3.33. The second kappa shape index (κ2) is 6.34. The van der Waals surface area contributed by atoms with E-state index in [1.165, 1.54) is 6.07 Å². The number of rotatable bonds is 3. The Morgan fingerprint density at radius 1 is 1.24 bits per heavy atom. The van der Waals surface area contributed by atoms with E-state index < -0.39 is 17.6 Å². The van der Waals surface area contributed by atoms with Crippen LogP contribution in [0.15, 0.2) is 18.2 Å². The molecule has 0 bridgehead atoms. The number of benzene rings is 1. The lowest BCUT2D eigenvalue weighted by molar-refractivity contribution is -0.140. The van der Waals surface area contributed by atoms with Crippen LogP contribution in [0.5, 0.6) is 0 Å². The molecule has 21 heavy (non-hydrogen) atoms. The van der Waals surface area contributed by atoms with Crippen molar-refractivity contribution in [2.24, 2.45) is 11.7 Å². The highest BCUT2D eigenvalue weighted by molar-refractivity contribution is 5.30. The first-order valence-electron chi connectivity index (χ1n) is 7.45. The van der Waals surface area contributed by atoms with E-state index in [4.69, 9.17) is 5.73 Å². The molecule has 3 unspecified atom stereocenters. The van der Waals surface area contributed by atoms with Crippen LogP contribution in [0.1, 0.15) is 56.1 Å². The van der Waals surface area contributed by atoms with Crippen LogP contribution in [0, 0.1) is 11.7 Å². The maximum absolute atomic E-state index is 13.7. The minimum absolute atomic E-state index is 0.0490. The Morgan fingerprint density at radius 2 is 1.95 bits per heavy atom. The molecule has 2 rings (SSSR count). The predicted octanol–water partition coefficient (Wildman–Crippen LogP) is 4.86. The van der Waals surface area contributed by atoms with E-state index in [0.717, 1.165) is 44.2 Å². The van der Waals surface area contributed by atoms with Crippen molar-refractivity contribution in [3.8, 4) is 0 Å². The normalized spacial score (nSPS) is 26.9. The van der Waals surface area contributed by atoms with Gasteiger partial charge in [0.05, 0.1) is 5.56 Å². The molecule has 1 saturated carbocycles. The molecule has 5 heteroatoms. The summed E-state index contributed by atoms with van der Waals surface area (Å²) in [6.45, 7) is 2.11. The molecule has 0 spiro atoms. The summed E-state index contributed by atoms with van der Waals surface area (Å²) in [7, 11) is 0. The van der Waals surface area contributed by atoms with Gasteiger partial charge in [-0.25, -0.2) is 4.39 Å². The number of hydrogen-bond donors (Lipinski definition) is 1. The van der Waals surface area contributed by atoms with E-state index >= 15 is 0 Å². The summed E-state index contributed by atoms with van der Waals surface area (Å²) >= 11 is 0. The Hall–Kier alpha value is -1.10. The Balaban J connectivity index is 2.22. The van der Waals surface area contributed by atoms with Gasteiger partial charge in [-0.15, -0.1) is 0 Å². The molecule has 0 aromatic heterocycles. The van der Waals surface area contributed by atoms with Gasteiger partial charge >= 0.3 is 6.18 Å². The van der Waals surface area contributed by atoms with E-state index in [1.807, 2.05) is 0 Å². The summed E-state index contributed by atoms with van der Waals surface area (Å²) in [5.74, 6) is -0.720. The van der Waals surface area contributed by atoms with Gasteiger partial charge in [-0.05, 0) is 48.8 Å². The molecule has 0 radical (unpaired) electrons. The quantitative estimate of drug-likeness (QED) is 0.793. The van der Waals surface area contributed by atoms with Crippen molar-refractivity contribution >= 4 is 0 Å². The SMILES string of the molecule is CCCC1CCC(N)C(c2ccc(C(F)(F)F)c(F)c2)C1. The van der Waals surface area contributed by atoms with Crippen LogP contribution >= 0.6 is 0 Å². The Kier molecular flexibility index (Phi) is 4.91. The summed E-state index contributed by atoms with van der Waals surface area (Å²) in [4.78, 5) is 0. The standard InChI is InChI=1S/C16H21F4N/c1-2-3-10-4-7-15(21)12(8-10)11-5-6-13(14(17)9-11)16(18,19)20/h5-6,9-10,12,15H,2-4,7-8,21H2,1H3. The van der Waals surface area contributed by atoms with Crippen molar-refractivity contribution in [3.63, 3.8) is 0 Å². The van der Waals surface area contributed by atoms with E-state index in [9.17, 15) is 17.6 Å². The Labute approximate surface area is 122 Å². The molecule has 1 aromatic carbocycles. The first-order chi connectivity index (χ1) is 9.82. The van der Waals surface area contributed by atoms with Gasteiger partial charge in [0.15, 0.2) is 0 Å². The second-order valence-corrected chi connectivity index (χ2v) is 5.98. The van der Waals surface area contributed by atoms with Crippen LogP contribution < -0.4 is 5.73 Å². The third-order valence-electron chi connectivity index (χ3n) is 4.44. The molecule has 1 aliphatic rings. The predicted molar refractivity (Wildman–Crippen MR) is 74.4 cm³/mol. The van der Waals surface area contributed by atoms with Gasteiger partial charge in [0.2, 0.25) is 0 Å². The van der Waals surface area contributed by atoms with Gasteiger partial charge < -0.3 is 5.73 Å². The number of alkyl halides is 3. The molecule has 2 N–H and O–H groups in total. The molecule has 0 saturated heterocycles. The zero-order valence-electron chi connectivity index (χ0n) is 12.1. The van der Waals surface area contributed by atoms with Gasteiger partial charge in [-0.3, -0.25) is 0 Å². The minimum Gasteiger partial charge on any atom is -0.327 e. The molecular formula is C16H21F4N. The van der Waals surface area contributed by atoms with Crippen molar-refractivity contribution in [2.75, 3.05) is 0 Å². The lowest BCUT2D eigenvalue weighted by Gasteiger charge is -2.34. The molecule has 0 aliphatic heterocycles. The van der Waals surface area contributed by atoms with Gasteiger partial charge in [0.1, 0.15) is 5.82 Å². The van der Waals surface area contributed by atoms with Crippen LogP contribution in [0.3, 0.4) is 0 Å².